The lowest BCUT2D eigenvalue weighted by Crippen LogP contribution is -2.20. The third-order valence-corrected chi connectivity index (χ3v) is 4.38. The number of carbonyl (C=O) groups excluding carboxylic acids is 1. The van der Waals surface area contributed by atoms with Crippen LogP contribution in [0.2, 0.25) is 0 Å². The van der Waals surface area contributed by atoms with E-state index in [4.69, 9.17) is 9.47 Å². The Morgan fingerprint density at radius 1 is 1.42 bits per heavy atom. The van der Waals surface area contributed by atoms with Gasteiger partial charge in [0.1, 0.15) is 0 Å². The maximum Gasteiger partial charge on any atom is 0.312 e. The molecule has 1 saturated carbocycles. The molecule has 0 N–H and O–H groups in total. The minimum Gasteiger partial charge on any atom is -0.466 e. The second kappa shape index (κ2) is 4.97. The highest BCUT2D eigenvalue weighted by atomic mass is 16.5. The van der Waals surface area contributed by atoms with E-state index in [9.17, 15) is 4.79 Å². The van der Waals surface area contributed by atoms with E-state index in [1.54, 1.807) is 0 Å². The largest absolute Gasteiger partial charge is 0.466 e. The van der Waals surface area contributed by atoms with Crippen molar-refractivity contribution in [2.24, 2.45) is 11.3 Å². The zero-order valence-corrected chi connectivity index (χ0v) is 11.3. The third-order valence-electron chi connectivity index (χ3n) is 4.38. The summed E-state index contributed by atoms with van der Waals surface area (Å²) in [5.74, 6) is -0.138. The molecule has 1 heterocycles. The van der Waals surface area contributed by atoms with Crippen LogP contribution in [0.25, 0.3) is 0 Å². The molecular formula is C16H20O3. The zero-order valence-electron chi connectivity index (χ0n) is 11.3. The molecule has 1 aromatic carbocycles. The van der Waals surface area contributed by atoms with Gasteiger partial charge >= 0.3 is 5.97 Å². The average molecular weight is 260 g/mol. The monoisotopic (exact) mass is 260 g/mol. The molecule has 1 aliphatic carbocycles. The summed E-state index contributed by atoms with van der Waals surface area (Å²) in [5.41, 5.74) is 1.27. The summed E-state index contributed by atoms with van der Waals surface area (Å²) in [6.45, 7) is 3.08. The Morgan fingerprint density at radius 3 is 2.95 bits per heavy atom. The van der Waals surface area contributed by atoms with Crippen LogP contribution < -0.4 is 0 Å². The van der Waals surface area contributed by atoms with Crippen LogP contribution in [0, 0.1) is 11.3 Å². The summed E-state index contributed by atoms with van der Waals surface area (Å²) >= 11 is 0. The first-order chi connectivity index (χ1) is 9.28. The maximum absolute atomic E-state index is 12.1. The molecule has 0 bridgehead atoms. The van der Waals surface area contributed by atoms with Gasteiger partial charge in [0, 0.05) is 12.0 Å². The quantitative estimate of drug-likeness (QED) is 0.781. The third kappa shape index (κ3) is 2.16. The van der Waals surface area contributed by atoms with Crippen molar-refractivity contribution in [2.75, 3.05) is 13.2 Å². The van der Waals surface area contributed by atoms with E-state index in [-0.39, 0.29) is 23.4 Å². The van der Waals surface area contributed by atoms with Crippen LogP contribution in [0.1, 0.15) is 25.3 Å². The molecule has 1 aromatic rings. The summed E-state index contributed by atoms with van der Waals surface area (Å²) in [5, 5.41) is 0. The van der Waals surface area contributed by atoms with E-state index in [1.165, 1.54) is 5.56 Å². The fourth-order valence-electron chi connectivity index (χ4n) is 3.49. The van der Waals surface area contributed by atoms with Crippen molar-refractivity contribution in [3.05, 3.63) is 35.9 Å². The minimum atomic E-state index is -0.0784. The number of fused-ring (bicyclic) bond motifs is 1. The highest BCUT2D eigenvalue weighted by Crippen LogP contribution is 2.62. The summed E-state index contributed by atoms with van der Waals surface area (Å²) in [6, 6.07) is 10.4. The molecular weight excluding hydrogens is 240 g/mol. The van der Waals surface area contributed by atoms with Crippen molar-refractivity contribution in [3.8, 4) is 0 Å². The van der Waals surface area contributed by atoms with E-state index in [0.29, 0.717) is 6.61 Å². The number of hydrogen-bond acceptors (Lipinski definition) is 3. The fraction of sp³-hybridized carbons (Fsp3) is 0.562. The summed E-state index contributed by atoms with van der Waals surface area (Å²) in [4.78, 5) is 12.1. The number of rotatable bonds is 4. The molecule has 2 fully saturated rings. The number of esters is 1. The van der Waals surface area contributed by atoms with E-state index in [2.05, 4.69) is 12.1 Å². The van der Waals surface area contributed by atoms with Gasteiger partial charge in [0.15, 0.2) is 0 Å². The Morgan fingerprint density at radius 2 is 2.21 bits per heavy atom. The van der Waals surface area contributed by atoms with Gasteiger partial charge in [-0.05, 0) is 31.7 Å². The first-order valence-corrected chi connectivity index (χ1v) is 7.10. The Bertz CT molecular complexity index is 456. The lowest BCUT2D eigenvalue weighted by Gasteiger charge is -2.22. The van der Waals surface area contributed by atoms with Gasteiger partial charge in [0.25, 0.3) is 0 Å². The number of carbonyl (C=O) groups is 1. The molecule has 3 nitrogen and oxygen atoms in total. The van der Waals surface area contributed by atoms with Gasteiger partial charge < -0.3 is 9.47 Å². The van der Waals surface area contributed by atoms with Gasteiger partial charge in [-0.1, -0.05) is 30.3 Å². The van der Waals surface area contributed by atoms with Crippen LogP contribution in [0.15, 0.2) is 30.3 Å². The van der Waals surface area contributed by atoms with E-state index >= 15 is 0 Å². The molecule has 3 rings (SSSR count). The fourth-order valence-corrected chi connectivity index (χ4v) is 3.49. The smallest absolute Gasteiger partial charge is 0.312 e. The average Bonchev–Trinajstić information content (AvgIpc) is 3.08. The van der Waals surface area contributed by atoms with Crippen molar-refractivity contribution in [1.29, 1.82) is 0 Å². The zero-order chi connectivity index (χ0) is 13.3. The molecule has 0 aromatic heterocycles. The predicted octanol–water partition coefficient (Wildman–Crippen LogP) is 2.59. The minimum absolute atomic E-state index is 0.00808. The topological polar surface area (TPSA) is 35.5 Å². The van der Waals surface area contributed by atoms with Crippen molar-refractivity contribution >= 4 is 5.97 Å². The summed E-state index contributed by atoms with van der Waals surface area (Å²) in [7, 11) is 0. The van der Waals surface area contributed by atoms with Gasteiger partial charge in [-0.15, -0.1) is 0 Å². The van der Waals surface area contributed by atoms with Gasteiger partial charge in [-0.25, -0.2) is 0 Å². The first kappa shape index (κ1) is 12.7. The normalized spacial score (nSPS) is 32.5. The second-order valence-electron chi connectivity index (χ2n) is 5.52. The van der Waals surface area contributed by atoms with E-state index < -0.39 is 0 Å². The van der Waals surface area contributed by atoms with Crippen molar-refractivity contribution in [2.45, 2.75) is 32.3 Å². The van der Waals surface area contributed by atoms with E-state index in [0.717, 1.165) is 25.9 Å². The molecule has 0 spiro atoms. The molecule has 0 amide bonds. The Balaban J connectivity index is 1.78. The van der Waals surface area contributed by atoms with Crippen LogP contribution >= 0.6 is 0 Å². The number of hydrogen-bond donors (Lipinski definition) is 0. The molecule has 1 saturated heterocycles. The van der Waals surface area contributed by atoms with Gasteiger partial charge in [-0.2, -0.15) is 0 Å². The van der Waals surface area contributed by atoms with Gasteiger partial charge in [0.2, 0.25) is 0 Å². The van der Waals surface area contributed by atoms with Gasteiger partial charge in [-0.3, -0.25) is 4.79 Å². The molecule has 102 valence electrons. The molecule has 19 heavy (non-hydrogen) atoms. The van der Waals surface area contributed by atoms with Crippen molar-refractivity contribution in [1.82, 2.24) is 0 Å². The lowest BCUT2D eigenvalue weighted by molar-refractivity contribution is -0.146. The van der Waals surface area contributed by atoms with Crippen LogP contribution in [0.3, 0.4) is 0 Å². The molecule has 0 radical (unpaired) electrons. The van der Waals surface area contributed by atoms with Crippen molar-refractivity contribution < 1.29 is 14.3 Å². The van der Waals surface area contributed by atoms with Crippen LogP contribution in [-0.4, -0.2) is 25.3 Å². The highest BCUT2D eigenvalue weighted by molar-refractivity contribution is 5.79. The first-order valence-electron chi connectivity index (χ1n) is 7.10. The Labute approximate surface area is 113 Å². The van der Waals surface area contributed by atoms with Crippen LogP contribution in [0.5, 0.6) is 0 Å². The van der Waals surface area contributed by atoms with Crippen molar-refractivity contribution in [3.63, 3.8) is 0 Å². The molecule has 2 aliphatic rings. The number of ether oxygens (including phenoxy) is 2. The van der Waals surface area contributed by atoms with E-state index in [1.807, 2.05) is 25.1 Å². The SMILES string of the molecule is CCOC(=O)[C@@H]1[C@H]2OCCC[C@]21Cc1ccccc1. The summed E-state index contributed by atoms with van der Waals surface area (Å²) < 4.78 is 11.0. The molecule has 1 aliphatic heterocycles. The number of benzene rings is 1. The second-order valence-corrected chi connectivity index (χ2v) is 5.52. The summed E-state index contributed by atoms with van der Waals surface area (Å²) in [6.07, 6.45) is 3.09. The highest BCUT2D eigenvalue weighted by Gasteiger charge is 2.70. The van der Waals surface area contributed by atoms with Gasteiger partial charge in [0.05, 0.1) is 18.6 Å². The molecule has 3 heteroatoms. The van der Waals surface area contributed by atoms with Crippen LogP contribution in [-0.2, 0) is 20.7 Å². The molecule has 0 unspecified atom stereocenters. The molecule has 3 atom stereocenters. The standard InChI is InChI=1S/C16H20O3/c1-2-18-15(17)13-14-16(13,9-6-10-19-14)11-12-7-4-3-5-8-12/h3-5,7-8,13-14H,2,6,9-11H2,1H3/t13-,14+,16+/m0/s1. The predicted molar refractivity (Wildman–Crippen MR) is 71.7 cm³/mol. The van der Waals surface area contributed by atoms with Crippen LogP contribution in [0.4, 0.5) is 0 Å². The Kier molecular flexibility index (Phi) is 3.31. The lowest BCUT2D eigenvalue weighted by atomic mass is 9.88. The maximum atomic E-state index is 12.1. The Hall–Kier alpha value is -1.35.